The van der Waals surface area contributed by atoms with Gasteiger partial charge in [-0.3, -0.25) is 4.79 Å². The molecule has 0 radical (unpaired) electrons. The van der Waals surface area contributed by atoms with Gasteiger partial charge in [-0.2, -0.15) is 0 Å². The fourth-order valence-corrected chi connectivity index (χ4v) is 4.40. The number of hydrogen-bond donors (Lipinski definition) is 1. The van der Waals surface area contributed by atoms with Crippen molar-refractivity contribution in [1.82, 2.24) is 4.90 Å². The molecule has 8 heteroatoms. The second-order valence-corrected chi connectivity index (χ2v) is 9.66. The van der Waals surface area contributed by atoms with E-state index in [0.29, 0.717) is 49.4 Å². The number of ether oxygens (including phenoxy) is 1. The van der Waals surface area contributed by atoms with Crippen LogP contribution < -0.4 is 9.80 Å². The number of halogens is 1. The Bertz CT molecular complexity index is 1080. The van der Waals surface area contributed by atoms with E-state index in [1.54, 1.807) is 41.1 Å². The maximum Gasteiger partial charge on any atom is 0.410 e. The van der Waals surface area contributed by atoms with Crippen LogP contribution >= 0.6 is 0 Å². The van der Waals surface area contributed by atoms with E-state index in [1.807, 2.05) is 25.7 Å². The first-order chi connectivity index (χ1) is 15.5. The molecule has 0 saturated carbocycles. The molecule has 0 aromatic heterocycles. The Kier molecular flexibility index (Phi) is 5.95. The van der Waals surface area contributed by atoms with Crippen molar-refractivity contribution >= 4 is 23.4 Å². The lowest BCUT2D eigenvalue weighted by Crippen LogP contribution is -2.42. The van der Waals surface area contributed by atoms with E-state index in [4.69, 9.17) is 4.74 Å². The van der Waals surface area contributed by atoms with Crippen molar-refractivity contribution in [2.75, 3.05) is 36.5 Å². The Morgan fingerprint density at radius 3 is 2.64 bits per heavy atom. The third-order valence-electron chi connectivity index (χ3n) is 6.15. The minimum atomic E-state index is -0.571. The number of likely N-dealkylation sites (N-methyl/N-ethyl adjacent to an activating group) is 1. The van der Waals surface area contributed by atoms with Gasteiger partial charge in [-0.1, -0.05) is 0 Å². The van der Waals surface area contributed by atoms with Crippen LogP contribution in [0.2, 0.25) is 0 Å². The van der Waals surface area contributed by atoms with Crippen LogP contribution in [-0.4, -0.2) is 60.3 Å². The summed E-state index contributed by atoms with van der Waals surface area (Å²) in [6.45, 7) is 7.02. The van der Waals surface area contributed by atoms with Crippen molar-refractivity contribution in [3.05, 3.63) is 53.3 Å². The van der Waals surface area contributed by atoms with E-state index in [2.05, 4.69) is 0 Å². The summed E-state index contributed by atoms with van der Waals surface area (Å²) in [4.78, 5) is 30.4. The molecule has 2 aromatic rings. The number of carbonyl (C=O) groups excluding carboxylic acids is 2. The molecule has 1 fully saturated rings. The first-order valence-electron chi connectivity index (χ1n) is 11.2. The number of aromatic hydroxyl groups is 1. The van der Waals surface area contributed by atoms with Crippen LogP contribution in [0, 0.1) is 5.82 Å². The summed E-state index contributed by atoms with van der Waals surface area (Å²) in [5.41, 5.74) is 1.70. The molecule has 0 aliphatic carbocycles. The third kappa shape index (κ3) is 4.74. The molecule has 2 heterocycles. The minimum absolute atomic E-state index is 0.0736. The zero-order valence-electron chi connectivity index (χ0n) is 19.5. The van der Waals surface area contributed by atoms with Gasteiger partial charge in [0.1, 0.15) is 17.2 Å². The molecule has 2 aliphatic rings. The summed E-state index contributed by atoms with van der Waals surface area (Å²) in [6.07, 6.45) is 0.914. The minimum Gasteiger partial charge on any atom is -0.508 e. The number of benzene rings is 2. The Balaban J connectivity index is 1.46. The van der Waals surface area contributed by atoms with E-state index in [0.717, 1.165) is 5.56 Å². The number of fused-ring (bicyclic) bond motifs is 1. The van der Waals surface area contributed by atoms with Crippen LogP contribution in [0.1, 0.15) is 43.1 Å². The highest BCUT2D eigenvalue weighted by molar-refractivity contribution is 6.08. The number of carbonyl (C=O) groups is 2. The number of rotatable bonds is 3. The van der Waals surface area contributed by atoms with Gasteiger partial charge in [-0.05, 0) is 75.6 Å². The molecule has 1 saturated heterocycles. The van der Waals surface area contributed by atoms with Gasteiger partial charge < -0.3 is 24.5 Å². The van der Waals surface area contributed by atoms with Gasteiger partial charge in [0.25, 0.3) is 5.91 Å². The second kappa shape index (κ2) is 8.57. The lowest BCUT2D eigenvalue weighted by atomic mass is 9.98. The van der Waals surface area contributed by atoms with Crippen LogP contribution in [0.15, 0.2) is 36.4 Å². The zero-order chi connectivity index (χ0) is 23.9. The van der Waals surface area contributed by atoms with Crippen LogP contribution in [0.25, 0.3) is 0 Å². The topological polar surface area (TPSA) is 73.3 Å². The predicted octanol–water partition coefficient (Wildman–Crippen LogP) is 4.18. The maximum absolute atomic E-state index is 15.1. The highest BCUT2D eigenvalue weighted by Gasteiger charge is 2.32. The summed E-state index contributed by atoms with van der Waals surface area (Å²) < 4.78 is 20.6. The molecular weight excluding hydrogens is 425 g/mol. The lowest BCUT2D eigenvalue weighted by molar-refractivity contribution is 0.0237. The Labute approximate surface area is 193 Å². The number of amides is 2. The van der Waals surface area contributed by atoms with E-state index >= 15 is 4.39 Å². The molecule has 7 nitrogen and oxygen atoms in total. The van der Waals surface area contributed by atoms with Crippen molar-refractivity contribution in [3.8, 4) is 5.75 Å². The number of nitrogens with zero attached hydrogens (tertiary/aromatic N) is 3. The number of anilines is 2. The molecule has 33 heavy (non-hydrogen) atoms. The zero-order valence-corrected chi connectivity index (χ0v) is 19.5. The smallest absolute Gasteiger partial charge is 0.410 e. The SMILES string of the molecule is CN(C(=O)OC(C)(C)C)[C@@H]1CCN(c2ccc(N3CCc4cc(O)ccc4C3=O)cc2F)C1. The van der Waals surface area contributed by atoms with Crippen LogP contribution in [0.4, 0.5) is 20.6 Å². The normalized spacial score (nSPS) is 18.3. The Hall–Kier alpha value is -3.29. The van der Waals surface area contributed by atoms with E-state index in [1.165, 1.54) is 12.1 Å². The average molecular weight is 456 g/mol. The average Bonchev–Trinajstić information content (AvgIpc) is 3.22. The lowest BCUT2D eigenvalue weighted by Gasteiger charge is -2.30. The van der Waals surface area contributed by atoms with Gasteiger partial charge in [0.05, 0.1) is 11.7 Å². The summed E-state index contributed by atoms with van der Waals surface area (Å²) in [5.74, 6) is -0.479. The van der Waals surface area contributed by atoms with E-state index in [9.17, 15) is 14.7 Å². The first-order valence-corrected chi connectivity index (χ1v) is 11.2. The summed E-state index contributed by atoms with van der Waals surface area (Å²) in [7, 11) is 1.71. The summed E-state index contributed by atoms with van der Waals surface area (Å²) in [6, 6.07) is 9.47. The van der Waals surface area contributed by atoms with Gasteiger partial charge >= 0.3 is 6.09 Å². The number of hydrogen-bond acceptors (Lipinski definition) is 5. The first kappa shape index (κ1) is 22.9. The van der Waals surface area contributed by atoms with Gasteiger partial charge in [0.15, 0.2) is 0 Å². The Morgan fingerprint density at radius 2 is 1.94 bits per heavy atom. The molecule has 1 atom stereocenters. The molecule has 1 N–H and O–H groups in total. The molecule has 4 rings (SSSR count). The molecule has 2 amide bonds. The number of phenolic OH excluding ortho intramolecular Hbond substituents is 1. The van der Waals surface area contributed by atoms with Crippen molar-refractivity contribution in [1.29, 1.82) is 0 Å². The van der Waals surface area contributed by atoms with Crippen molar-refractivity contribution in [2.45, 2.75) is 45.3 Å². The van der Waals surface area contributed by atoms with E-state index < -0.39 is 11.4 Å². The summed E-state index contributed by atoms with van der Waals surface area (Å²) >= 11 is 0. The standard InChI is InChI=1S/C25H30FN3O4/c1-25(2,3)33-24(32)27(4)18-10-11-28(15-18)22-8-5-17(14-21(22)26)29-12-9-16-13-19(30)6-7-20(16)23(29)31/h5-8,13-14,18,30H,9-12,15H2,1-4H3/t18-/m1/s1. The molecule has 0 bridgehead atoms. The van der Waals surface area contributed by atoms with Gasteiger partial charge in [-0.15, -0.1) is 0 Å². The molecule has 2 aliphatic heterocycles. The van der Waals surface area contributed by atoms with Crippen LogP contribution in [0.3, 0.4) is 0 Å². The van der Waals surface area contributed by atoms with Crippen LogP contribution in [0.5, 0.6) is 5.75 Å². The van der Waals surface area contributed by atoms with Crippen molar-refractivity contribution in [2.24, 2.45) is 0 Å². The van der Waals surface area contributed by atoms with Crippen LogP contribution in [-0.2, 0) is 11.2 Å². The number of phenols is 1. The molecular formula is C25H30FN3O4. The monoisotopic (exact) mass is 455 g/mol. The molecule has 176 valence electrons. The predicted molar refractivity (Wildman–Crippen MR) is 125 cm³/mol. The van der Waals surface area contributed by atoms with Crippen molar-refractivity contribution in [3.63, 3.8) is 0 Å². The van der Waals surface area contributed by atoms with Gasteiger partial charge in [-0.25, -0.2) is 9.18 Å². The Morgan fingerprint density at radius 1 is 1.18 bits per heavy atom. The maximum atomic E-state index is 15.1. The van der Waals surface area contributed by atoms with E-state index in [-0.39, 0.29) is 23.8 Å². The third-order valence-corrected chi connectivity index (χ3v) is 6.15. The molecule has 0 spiro atoms. The van der Waals surface area contributed by atoms with Gasteiger partial charge in [0, 0.05) is 37.9 Å². The second-order valence-electron chi connectivity index (χ2n) is 9.66. The molecule has 0 unspecified atom stereocenters. The van der Waals surface area contributed by atoms with Crippen molar-refractivity contribution < 1.29 is 23.8 Å². The highest BCUT2D eigenvalue weighted by Crippen LogP contribution is 2.32. The fourth-order valence-electron chi connectivity index (χ4n) is 4.40. The highest BCUT2D eigenvalue weighted by atomic mass is 19.1. The fraction of sp³-hybridized carbons (Fsp3) is 0.440. The molecule has 2 aromatic carbocycles. The summed E-state index contributed by atoms with van der Waals surface area (Å²) in [5, 5.41) is 9.65. The largest absolute Gasteiger partial charge is 0.508 e. The van der Waals surface area contributed by atoms with Gasteiger partial charge in [0.2, 0.25) is 0 Å². The quantitative estimate of drug-likeness (QED) is 0.752.